The zero-order chi connectivity index (χ0) is 8.69. The Kier molecular flexibility index (Phi) is 11.4. The van der Waals surface area contributed by atoms with Crippen molar-refractivity contribution in [3.05, 3.63) is 19.6 Å². The second-order valence-corrected chi connectivity index (χ2v) is 2.96. The van der Waals surface area contributed by atoms with E-state index < -0.39 is 0 Å². The van der Waals surface area contributed by atoms with Crippen LogP contribution in [0.5, 0.6) is 0 Å². The van der Waals surface area contributed by atoms with Gasteiger partial charge in [-0.15, -0.1) is 0 Å². The minimum absolute atomic E-state index is 0. The fraction of sp³-hybridized carbons (Fsp3) is 0.600. The summed E-state index contributed by atoms with van der Waals surface area (Å²) in [4.78, 5) is 10.8. The van der Waals surface area contributed by atoms with Crippen LogP contribution in [0.4, 0.5) is 0 Å². The van der Waals surface area contributed by atoms with Crippen molar-refractivity contribution in [1.29, 1.82) is 0 Å². The first-order valence-corrected chi connectivity index (χ1v) is 4.15. The van der Waals surface area contributed by atoms with Crippen LogP contribution in [-0.2, 0) is 4.79 Å². The van der Waals surface area contributed by atoms with E-state index in [0.717, 1.165) is 19.3 Å². The molecule has 0 saturated heterocycles. The molecule has 0 amide bonds. The van der Waals surface area contributed by atoms with Crippen molar-refractivity contribution >= 4 is 29.7 Å². The molecular formula is C10H21OSn. The molecule has 0 aromatic heterocycles. The maximum absolute atomic E-state index is 10.8. The molecule has 1 radical (unpaired) electrons. The van der Waals surface area contributed by atoms with Gasteiger partial charge in [-0.3, -0.25) is 4.79 Å². The van der Waals surface area contributed by atoms with Gasteiger partial charge >= 0.3 is 23.9 Å². The molecule has 0 saturated carbocycles. The van der Waals surface area contributed by atoms with E-state index in [1.54, 1.807) is 0 Å². The minimum atomic E-state index is 0. The number of allylic oxidation sites excluding steroid dienone is 1. The normalized spacial score (nSPS) is 11.5. The Balaban J connectivity index is 0. The number of ketones is 1. The molecule has 0 aliphatic carbocycles. The van der Waals surface area contributed by atoms with Crippen LogP contribution in [0.15, 0.2) is 12.7 Å². The van der Waals surface area contributed by atoms with Crippen molar-refractivity contribution in [3.8, 4) is 0 Å². The van der Waals surface area contributed by atoms with Crippen LogP contribution < -0.4 is 0 Å². The first kappa shape index (κ1) is 14.7. The van der Waals surface area contributed by atoms with E-state index in [0.29, 0.717) is 12.3 Å². The van der Waals surface area contributed by atoms with Gasteiger partial charge in [-0.2, -0.15) is 0 Å². The van der Waals surface area contributed by atoms with Crippen molar-refractivity contribution < 1.29 is 4.79 Å². The third-order valence-corrected chi connectivity index (χ3v) is 1.81. The molecule has 1 unspecified atom stereocenters. The average Bonchev–Trinajstić information content (AvgIpc) is 2.01. The average molecular weight is 276 g/mol. The number of rotatable bonds is 6. The van der Waals surface area contributed by atoms with Gasteiger partial charge in [0.15, 0.2) is 5.78 Å². The first-order valence-electron chi connectivity index (χ1n) is 4.15. The van der Waals surface area contributed by atoms with Gasteiger partial charge in [0.1, 0.15) is 0 Å². The van der Waals surface area contributed by atoms with Gasteiger partial charge in [-0.05, 0) is 18.4 Å². The van der Waals surface area contributed by atoms with Crippen molar-refractivity contribution in [2.24, 2.45) is 5.92 Å². The Morgan fingerprint density at radius 2 is 2.08 bits per heavy atom. The Labute approximate surface area is 92.6 Å². The summed E-state index contributed by atoms with van der Waals surface area (Å²) in [6.07, 6.45) is 5.09. The number of hydrogen-bond acceptors (Lipinski definition) is 1. The summed E-state index contributed by atoms with van der Waals surface area (Å²) < 4.78 is 0. The summed E-state index contributed by atoms with van der Waals surface area (Å²) >= 11 is 0. The van der Waals surface area contributed by atoms with E-state index >= 15 is 0 Å². The fourth-order valence-electron chi connectivity index (χ4n) is 0.984. The number of carbonyl (C=O) groups is 1. The van der Waals surface area contributed by atoms with E-state index in [9.17, 15) is 4.79 Å². The molecule has 0 bridgehead atoms. The van der Waals surface area contributed by atoms with Gasteiger partial charge in [0, 0.05) is 6.42 Å². The van der Waals surface area contributed by atoms with Gasteiger partial charge < -0.3 is 0 Å². The number of carbonyl (C=O) groups excluding carboxylic acids is 1. The molecule has 0 heterocycles. The molecule has 0 fully saturated rings. The van der Waals surface area contributed by atoms with Crippen LogP contribution in [0, 0.1) is 12.8 Å². The van der Waals surface area contributed by atoms with Crippen LogP contribution in [0.3, 0.4) is 0 Å². The topological polar surface area (TPSA) is 17.1 Å². The summed E-state index contributed by atoms with van der Waals surface area (Å²) in [5.74, 6) is 0.775. The second-order valence-electron chi connectivity index (χ2n) is 2.96. The standard InChI is InChI=1S/C10H17O.Sn.4H/c1-4-6-9(3)7-8-10(11)5-2;;;;;/h5,9H,1-2,4,6-8H2,3H3;;;;;. The van der Waals surface area contributed by atoms with E-state index in [2.05, 4.69) is 20.4 Å². The van der Waals surface area contributed by atoms with Gasteiger partial charge in [0.25, 0.3) is 0 Å². The van der Waals surface area contributed by atoms with Crippen molar-refractivity contribution in [3.63, 3.8) is 0 Å². The first-order chi connectivity index (χ1) is 5.20. The molecule has 1 atom stereocenters. The second kappa shape index (κ2) is 9.30. The maximum atomic E-state index is 10.8. The fourth-order valence-corrected chi connectivity index (χ4v) is 0.984. The monoisotopic (exact) mass is 277 g/mol. The summed E-state index contributed by atoms with van der Waals surface area (Å²) in [6, 6.07) is 0. The molecule has 12 heavy (non-hydrogen) atoms. The third kappa shape index (κ3) is 8.31. The predicted molar refractivity (Wildman–Crippen MR) is 59.5 cm³/mol. The Hall–Kier alpha value is 0.209. The molecule has 1 nitrogen and oxygen atoms in total. The van der Waals surface area contributed by atoms with Crippen molar-refractivity contribution in [1.82, 2.24) is 0 Å². The van der Waals surface area contributed by atoms with Crippen LogP contribution >= 0.6 is 0 Å². The van der Waals surface area contributed by atoms with Gasteiger partial charge in [0.05, 0.1) is 0 Å². The summed E-state index contributed by atoms with van der Waals surface area (Å²) in [5, 5.41) is 0. The molecule has 0 aromatic rings. The quantitative estimate of drug-likeness (QED) is 0.528. The van der Waals surface area contributed by atoms with Crippen molar-refractivity contribution in [2.75, 3.05) is 0 Å². The van der Waals surface area contributed by atoms with Crippen LogP contribution in [0.1, 0.15) is 32.6 Å². The number of hydrogen-bond donors (Lipinski definition) is 0. The van der Waals surface area contributed by atoms with Gasteiger partial charge in [0.2, 0.25) is 0 Å². The molecule has 0 rings (SSSR count). The molecule has 0 aliphatic rings. The van der Waals surface area contributed by atoms with E-state index in [1.165, 1.54) is 6.08 Å². The molecule has 71 valence electrons. The Morgan fingerprint density at radius 1 is 1.50 bits per heavy atom. The molecule has 0 aliphatic heterocycles. The SMILES string of the molecule is [CH2]CCC(C)CCC(=O)C=C.[SnH4]. The predicted octanol–water partition coefficient (Wildman–Crippen LogP) is 1.32. The van der Waals surface area contributed by atoms with Crippen LogP contribution in [0.25, 0.3) is 0 Å². The third-order valence-electron chi connectivity index (χ3n) is 1.81. The summed E-state index contributed by atoms with van der Waals surface area (Å²) in [7, 11) is 0. The van der Waals surface area contributed by atoms with Gasteiger partial charge in [-0.1, -0.05) is 33.3 Å². The van der Waals surface area contributed by atoms with Gasteiger partial charge in [-0.25, -0.2) is 0 Å². The summed E-state index contributed by atoms with van der Waals surface area (Å²) in [5.41, 5.74) is 0. The van der Waals surface area contributed by atoms with E-state index in [1.807, 2.05) is 0 Å². The van der Waals surface area contributed by atoms with E-state index in [-0.39, 0.29) is 29.7 Å². The zero-order valence-corrected chi connectivity index (χ0v) is 7.31. The van der Waals surface area contributed by atoms with Crippen LogP contribution in [-0.4, -0.2) is 29.7 Å². The zero-order valence-electron chi connectivity index (χ0n) is 7.31. The van der Waals surface area contributed by atoms with E-state index in [4.69, 9.17) is 0 Å². The molecule has 0 aromatic carbocycles. The molecule has 2 heteroatoms. The Bertz CT molecular complexity index is 132. The molecule has 0 spiro atoms. The molecule has 0 N–H and O–H groups in total. The summed E-state index contributed by atoms with van der Waals surface area (Å²) in [6.45, 7) is 9.34. The Morgan fingerprint density at radius 3 is 2.50 bits per heavy atom. The van der Waals surface area contributed by atoms with Crippen molar-refractivity contribution in [2.45, 2.75) is 32.6 Å². The molecular weight excluding hydrogens is 255 g/mol. The van der Waals surface area contributed by atoms with Crippen LogP contribution in [0.2, 0.25) is 0 Å².